The average molecular weight is 210 g/mol. The third kappa shape index (κ3) is 2.35. The minimum absolute atomic E-state index is 0.0404. The molecule has 2 rings (SSSR count). The molecule has 2 heterocycles. The molecule has 0 bridgehead atoms. The molecule has 84 valence electrons. The molecule has 0 saturated carbocycles. The second kappa shape index (κ2) is 4.28. The maximum absolute atomic E-state index is 5.67. The summed E-state index contributed by atoms with van der Waals surface area (Å²) < 4.78 is 7.41. The van der Waals surface area contributed by atoms with Crippen LogP contribution in [-0.2, 0) is 18.2 Å². The van der Waals surface area contributed by atoms with Crippen molar-refractivity contribution < 1.29 is 4.74 Å². The van der Waals surface area contributed by atoms with E-state index in [1.807, 2.05) is 13.2 Å². The smallest absolute Gasteiger partial charge is 0.0855 e. The van der Waals surface area contributed by atoms with Crippen molar-refractivity contribution in [1.29, 1.82) is 0 Å². The van der Waals surface area contributed by atoms with Crippen molar-refractivity contribution >= 4 is 0 Å². The Bertz CT molecular complexity index is 317. The molecule has 15 heavy (non-hydrogen) atoms. The molecule has 0 spiro atoms. The van der Waals surface area contributed by atoms with E-state index in [0.717, 1.165) is 38.0 Å². The van der Waals surface area contributed by atoms with Crippen LogP contribution in [0.15, 0.2) is 6.20 Å². The first-order valence-electron chi connectivity index (χ1n) is 5.35. The van der Waals surface area contributed by atoms with Crippen molar-refractivity contribution in [2.24, 2.45) is 7.05 Å². The first-order valence-corrected chi connectivity index (χ1v) is 5.35. The van der Waals surface area contributed by atoms with E-state index in [1.165, 1.54) is 0 Å². The first-order chi connectivity index (χ1) is 7.24. The molecule has 0 aromatic carbocycles. The predicted octanol–water partition coefficient (Wildman–Crippen LogP) is 0.126. The van der Waals surface area contributed by atoms with Crippen LogP contribution in [0, 0.1) is 0 Å². The van der Waals surface area contributed by atoms with E-state index in [4.69, 9.17) is 4.74 Å². The molecular formula is C10H18N4O. The van der Waals surface area contributed by atoms with Crippen LogP contribution in [0.1, 0.15) is 18.5 Å². The molecule has 0 radical (unpaired) electrons. The summed E-state index contributed by atoms with van der Waals surface area (Å²) in [6.45, 7) is 2.04. The van der Waals surface area contributed by atoms with Gasteiger partial charge in [-0.3, -0.25) is 4.68 Å². The van der Waals surface area contributed by atoms with Gasteiger partial charge in [-0.25, -0.2) is 0 Å². The van der Waals surface area contributed by atoms with Crippen LogP contribution >= 0.6 is 0 Å². The zero-order valence-electron chi connectivity index (χ0n) is 9.36. The fraction of sp³-hybridized carbons (Fsp3) is 0.800. The van der Waals surface area contributed by atoms with Crippen molar-refractivity contribution in [1.82, 2.24) is 20.3 Å². The molecule has 0 amide bonds. The molecule has 1 aliphatic heterocycles. The number of ether oxygens (including phenoxy) is 1. The maximum atomic E-state index is 5.67. The van der Waals surface area contributed by atoms with Crippen molar-refractivity contribution in [3.63, 3.8) is 0 Å². The zero-order valence-corrected chi connectivity index (χ0v) is 9.36. The van der Waals surface area contributed by atoms with E-state index in [9.17, 15) is 0 Å². The van der Waals surface area contributed by atoms with Crippen molar-refractivity contribution in [2.45, 2.75) is 24.9 Å². The van der Waals surface area contributed by atoms with E-state index in [1.54, 1.807) is 11.8 Å². The number of methoxy groups -OCH3 is 1. The highest BCUT2D eigenvalue weighted by Gasteiger charge is 2.32. The number of nitrogens with one attached hydrogen (secondary N) is 1. The molecule has 1 aromatic heterocycles. The van der Waals surface area contributed by atoms with Gasteiger partial charge in [-0.05, 0) is 25.9 Å². The van der Waals surface area contributed by atoms with Gasteiger partial charge in [-0.1, -0.05) is 5.21 Å². The van der Waals surface area contributed by atoms with E-state index in [2.05, 4.69) is 15.6 Å². The summed E-state index contributed by atoms with van der Waals surface area (Å²) in [5.41, 5.74) is 0.975. The number of nitrogens with zero attached hydrogens (tertiary/aromatic N) is 3. The van der Waals surface area contributed by atoms with Gasteiger partial charge in [0.15, 0.2) is 0 Å². The third-order valence-corrected chi connectivity index (χ3v) is 3.10. The van der Waals surface area contributed by atoms with Crippen LogP contribution < -0.4 is 5.32 Å². The molecular weight excluding hydrogens is 192 g/mol. The Hall–Kier alpha value is -0.940. The number of piperidine rings is 1. The monoisotopic (exact) mass is 210 g/mol. The van der Waals surface area contributed by atoms with Gasteiger partial charge in [0.05, 0.1) is 11.3 Å². The first kappa shape index (κ1) is 10.6. The topological polar surface area (TPSA) is 52.0 Å². The second-order valence-electron chi connectivity index (χ2n) is 4.20. The number of rotatable bonds is 3. The van der Waals surface area contributed by atoms with Crippen LogP contribution in [0.25, 0.3) is 0 Å². The molecule has 1 fully saturated rings. The Kier molecular flexibility index (Phi) is 3.02. The largest absolute Gasteiger partial charge is 0.378 e. The normalized spacial score (nSPS) is 20.4. The minimum Gasteiger partial charge on any atom is -0.378 e. The van der Waals surface area contributed by atoms with Gasteiger partial charge < -0.3 is 10.1 Å². The Morgan fingerprint density at radius 1 is 1.53 bits per heavy atom. The Morgan fingerprint density at radius 2 is 2.27 bits per heavy atom. The highest BCUT2D eigenvalue weighted by atomic mass is 16.5. The fourth-order valence-corrected chi connectivity index (χ4v) is 2.14. The van der Waals surface area contributed by atoms with Gasteiger partial charge in [0.1, 0.15) is 0 Å². The molecule has 5 nitrogen and oxygen atoms in total. The maximum Gasteiger partial charge on any atom is 0.0855 e. The summed E-state index contributed by atoms with van der Waals surface area (Å²) in [5, 5.41) is 11.4. The quantitative estimate of drug-likeness (QED) is 0.770. The molecule has 0 unspecified atom stereocenters. The SMILES string of the molecule is COC1(Cc2cn(C)nn2)CCNCC1. The molecule has 1 aromatic rings. The summed E-state index contributed by atoms with van der Waals surface area (Å²) in [5.74, 6) is 0. The van der Waals surface area contributed by atoms with Gasteiger partial charge >= 0.3 is 0 Å². The molecule has 1 aliphatic rings. The molecule has 1 saturated heterocycles. The van der Waals surface area contributed by atoms with Crippen molar-refractivity contribution in [2.75, 3.05) is 20.2 Å². The second-order valence-corrected chi connectivity index (χ2v) is 4.20. The Balaban J connectivity index is 2.06. The number of aryl methyl sites for hydroxylation is 1. The van der Waals surface area contributed by atoms with Gasteiger partial charge in [0, 0.05) is 26.8 Å². The molecule has 5 heteroatoms. The zero-order chi connectivity index (χ0) is 10.7. The fourth-order valence-electron chi connectivity index (χ4n) is 2.14. The lowest BCUT2D eigenvalue weighted by Crippen LogP contribution is -2.45. The summed E-state index contributed by atoms with van der Waals surface area (Å²) in [6.07, 6.45) is 4.90. The predicted molar refractivity (Wildman–Crippen MR) is 56.6 cm³/mol. The van der Waals surface area contributed by atoms with Gasteiger partial charge in [0.2, 0.25) is 0 Å². The standard InChI is InChI=1S/C10H18N4O/c1-14-8-9(12-13-14)7-10(15-2)3-5-11-6-4-10/h8,11H,3-7H2,1-2H3. The summed E-state index contributed by atoms with van der Waals surface area (Å²) >= 11 is 0. The van der Waals surface area contributed by atoms with E-state index < -0.39 is 0 Å². The number of aromatic nitrogens is 3. The Morgan fingerprint density at radius 3 is 2.80 bits per heavy atom. The van der Waals surface area contributed by atoms with Gasteiger partial charge in [-0.2, -0.15) is 0 Å². The summed E-state index contributed by atoms with van der Waals surface area (Å²) in [7, 11) is 3.68. The van der Waals surface area contributed by atoms with Crippen LogP contribution in [-0.4, -0.2) is 40.8 Å². The van der Waals surface area contributed by atoms with Crippen LogP contribution in [0.4, 0.5) is 0 Å². The number of hydrogen-bond donors (Lipinski definition) is 1. The molecule has 0 aliphatic carbocycles. The highest BCUT2D eigenvalue weighted by Crippen LogP contribution is 2.26. The summed E-state index contributed by atoms with van der Waals surface area (Å²) in [4.78, 5) is 0. The lowest BCUT2D eigenvalue weighted by atomic mass is 9.87. The minimum atomic E-state index is -0.0404. The number of hydrogen-bond acceptors (Lipinski definition) is 4. The van der Waals surface area contributed by atoms with E-state index >= 15 is 0 Å². The van der Waals surface area contributed by atoms with Crippen molar-refractivity contribution in [3.05, 3.63) is 11.9 Å². The molecule has 0 atom stereocenters. The third-order valence-electron chi connectivity index (χ3n) is 3.10. The van der Waals surface area contributed by atoms with Gasteiger partial charge in [0.25, 0.3) is 0 Å². The van der Waals surface area contributed by atoms with E-state index in [-0.39, 0.29) is 5.60 Å². The molecule has 1 N–H and O–H groups in total. The highest BCUT2D eigenvalue weighted by molar-refractivity contribution is 5.01. The van der Waals surface area contributed by atoms with Crippen molar-refractivity contribution in [3.8, 4) is 0 Å². The lowest BCUT2D eigenvalue weighted by Gasteiger charge is -2.35. The van der Waals surface area contributed by atoms with Crippen LogP contribution in [0.5, 0.6) is 0 Å². The average Bonchev–Trinajstić information content (AvgIpc) is 2.65. The summed E-state index contributed by atoms with van der Waals surface area (Å²) in [6, 6.07) is 0. The van der Waals surface area contributed by atoms with Crippen LogP contribution in [0.3, 0.4) is 0 Å². The lowest BCUT2D eigenvalue weighted by molar-refractivity contribution is -0.0340. The Labute approximate surface area is 89.8 Å². The van der Waals surface area contributed by atoms with E-state index in [0.29, 0.717) is 0 Å². The van der Waals surface area contributed by atoms with Gasteiger partial charge in [-0.15, -0.1) is 5.10 Å². The van der Waals surface area contributed by atoms with Crippen LogP contribution in [0.2, 0.25) is 0 Å².